The Hall–Kier alpha value is -0.750. The van der Waals surface area contributed by atoms with Gasteiger partial charge in [-0.2, -0.15) is 0 Å². The second kappa shape index (κ2) is 6.57. The molecule has 7 heteroatoms. The Bertz CT molecular complexity index is 776. The third-order valence-corrected chi connectivity index (χ3v) is 5.15. The van der Waals surface area contributed by atoms with Gasteiger partial charge in [0.05, 0.1) is 9.37 Å². The average Bonchev–Trinajstić information content (AvgIpc) is 2.42. The van der Waals surface area contributed by atoms with Gasteiger partial charge < -0.3 is 4.74 Å². The summed E-state index contributed by atoms with van der Waals surface area (Å²) in [6.45, 7) is 2.00. The van der Waals surface area contributed by atoms with Gasteiger partial charge in [0.2, 0.25) is 0 Å². The molecule has 0 aliphatic rings. The monoisotopic (exact) mass is 408 g/mol. The number of hydrogen-bond acceptors (Lipinski definition) is 3. The van der Waals surface area contributed by atoms with Crippen LogP contribution in [-0.2, 0) is 15.5 Å². The average molecular weight is 410 g/mol. The first-order valence-electron chi connectivity index (χ1n) is 6.01. The molecule has 0 radical (unpaired) electrons. The lowest BCUT2D eigenvalue weighted by Crippen LogP contribution is -1.93. The molecule has 0 spiro atoms. The lowest BCUT2D eigenvalue weighted by Gasteiger charge is -2.10. The van der Waals surface area contributed by atoms with Crippen molar-refractivity contribution in [3.05, 3.63) is 51.5 Å². The van der Waals surface area contributed by atoms with Gasteiger partial charge in [-0.1, -0.05) is 18.5 Å². The van der Waals surface area contributed by atoms with Crippen molar-refractivity contribution in [3.8, 4) is 11.5 Å². The van der Waals surface area contributed by atoms with Crippen LogP contribution < -0.4 is 4.74 Å². The summed E-state index contributed by atoms with van der Waals surface area (Å²) in [6, 6.07) is 9.69. The zero-order valence-electron chi connectivity index (χ0n) is 10.9. The van der Waals surface area contributed by atoms with Gasteiger partial charge in [0.1, 0.15) is 11.5 Å². The van der Waals surface area contributed by atoms with Crippen LogP contribution in [0.25, 0.3) is 0 Å². The van der Waals surface area contributed by atoms with E-state index in [9.17, 15) is 8.42 Å². The molecule has 0 unspecified atom stereocenters. The van der Waals surface area contributed by atoms with Crippen molar-refractivity contribution in [1.82, 2.24) is 0 Å². The molecule has 0 aliphatic carbocycles. The Labute approximate surface area is 141 Å². The van der Waals surface area contributed by atoms with Crippen LogP contribution in [0.4, 0.5) is 0 Å². The van der Waals surface area contributed by atoms with Crippen molar-refractivity contribution >= 4 is 47.3 Å². The highest BCUT2D eigenvalue weighted by Gasteiger charge is 2.13. The predicted molar refractivity (Wildman–Crippen MR) is 88.1 cm³/mol. The third-order valence-electron chi connectivity index (χ3n) is 2.81. The van der Waals surface area contributed by atoms with Crippen LogP contribution in [0.3, 0.4) is 0 Å². The molecule has 0 atom stereocenters. The Balaban J connectivity index is 2.32. The number of halogens is 3. The maximum atomic E-state index is 11.3. The topological polar surface area (TPSA) is 43.4 Å². The van der Waals surface area contributed by atoms with E-state index in [0.29, 0.717) is 21.0 Å². The second-order valence-electron chi connectivity index (χ2n) is 4.24. The van der Waals surface area contributed by atoms with E-state index in [1.807, 2.05) is 13.0 Å². The smallest absolute Gasteiger partial charge is 0.261 e. The summed E-state index contributed by atoms with van der Waals surface area (Å²) in [5, 5.41) is 0.687. The van der Waals surface area contributed by atoms with E-state index in [1.165, 1.54) is 12.1 Å². The van der Waals surface area contributed by atoms with Gasteiger partial charge in [0.25, 0.3) is 9.05 Å². The largest absolute Gasteiger partial charge is 0.456 e. The zero-order valence-corrected chi connectivity index (χ0v) is 14.9. The molecule has 0 saturated carbocycles. The molecule has 0 aromatic heterocycles. The molecule has 0 amide bonds. The van der Waals surface area contributed by atoms with Gasteiger partial charge in [-0.05, 0) is 64.3 Å². The Morgan fingerprint density at radius 1 is 1.19 bits per heavy atom. The van der Waals surface area contributed by atoms with Crippen molar-refractivity contribution in [1.29, 1.82) is 0 Å². The van der Waals surface area contributed by atoms with Crippen molar-refractivity contribution in [2.24, 2.45) is 0 Å². The van der Waals surface area contributed by atoms with E-state index in [-0.39, 0.29) is 4.90 Å². The van der Waals surface area contributed by atoms with Crippen LogP contribution in [-0.4, -0.2) is 8.42 Å². The molecule has 112 valence electrons. The van der Waals surface area contributed by atoms with Crippen LogP contribution in [0.15, 0.2) is 45.8 Å². The summed E-state index contributed by atoms with van der Waals surface area (Å²) in [4.78, 5) is 0.00810. The molecule has 2 rings (SSSR count). The van der Waals surface area contributed by atoms with Crippen molar-refractivity contribution < 1.29 is 13.2 Å². The van der Waals surface area contributed by atoms with Gasteiger partial charge in [-0.3, -0.25) is 0 Å². The summed E-state index contributed by atoms with van der Waals surface area (Å²) < 4.78 is 28.8. The zero-order chi connectivity index (χ0) is 15.6. The van der Waals surface area contributed by atoms with E-state index in [1.54, 1.807) is 18.2 Å². The fraction of sp³-hybridized carbons (Fsp3) is 0.143. The predicted octanol–water partition coefficient (Wildman–Crippen LogP) is 5.38. The minimum absolute atomic E-state index is 0.00810. The Kier molecular flexibility index (Phi) is 5.20. The van der Waals surface area contributed by atoms with Crippen molar-refractivity contribution in [2.45, 2.75) is 18.2 Å². The molecular formula is C14H11BrCl2O3S. The van der Waals surface area contributed by atoms with E-state index in [2.05, 4.69) is 15.9 Å². The lowest BCUT2D eigenvalue weighted by atomic mass is 10.1. The fourth-order valence-electron chi connectivity index (χ4n) is 1.73. The number of rotatable bonds is 4. The normalized spacial score (nSPS) is 11.4. The molecule has 21 heavy (non-hydrogen) atoms. The maximum absolute atomic E-state index is 11.3. The maximum Gasteiger partial charge on any atom is 0.261 e. The molecule has 0 aliphatic heterocycles. The highest BCUT2D eigenvalue weighted by molar-refractivity contribution is 9.10. The molecular weight excluding hydrogens is 399 g/mol. The molecule has 0 bridgehead atoms. The van der Waals surface area contributed by atoms with Crippen LogP contribution in [0.1, 0.15) is 12.5 Å². The first-order valence-corrected chi connectivity index (χ1v) is 9.50. The van der Waals surface area contributed by atoms with Gasteiger partial charge in [0.15, 0.2) is 0 Å². The molecule has 0 fully saturated rings. The summed E-state index contributed by atoms with van der Waals surface area (Å²) in [5.74, 6) is 1.11. The summed E-state index contributed by atoms with van der Waals surface area (Å²) >= 11 is 9.33. The van der Waals surface area contributed by atoms with E-state index < -0.39 is 9.05 Å². The molecule has 3 nitrogen and oxygen atoms in total. The van der Waals surface area contributed by atoms with Crippen LogP contribution in [0, 0.1) is 0 Å². The van der Waals surface area contributed by atoms with E-state index in [0.717, 1.165) is 12.0 Å². The molecule has 2 aromatic rings. The Morgan fingerprint density at radius 3 is 2.48 bits per heavy atom. The first kappa shape index (κ1) is 16.6. The minimum Gasteiger partial charge on any atom is -0.456 e. The standard InChI is InChI=1S/C14H11BrCl2O3S/c1-2-9-7-10(3-5-13(9)16)20-14-6-4-11(8-12(14)15)21(17,18)19/h3-8H,2H2,1H3. The van der Waals surface area contributed by atoms with E-state index >= 15 is 0 Å². The second-order valence-corrected chi connectivity index (χ2v) is 8.07. The summed E-state index contributed by atoms with van der Waals surface area (Å²) in [6.07, 6.45) is 0.792. The van der Waals surface area contributed by atoms with Crippen LogP contribution >= 0.6 is 38.2 Å². The number of hydrogen-bond donors (Lipinski definition) is 0. The van der Waals surface area contributed by atoms with Crippen molar-refractivity contribution in [3.63, 3.8) is 0 Å². The molecule has 2 aromatic carbocycles. The summed E-state index contributed by atoms with van der Waals surface area (Å²) in [5.41, 5.74) is 0.977. The Morgan fingerprint density at radius 2 is 1.90 bits per heavy atom. The van der Waals surface area contributed by atoms with Crippen LogP contribution in [0.5, 0.6) is 11.5 Å². The minimum atomic E-state index is -3.76. The van der Waals surface area contributed by atoms with E-state index in [4.69, 9.17) is 27.0 Å². The molecule has 0 heterocycles. The van der Waals surface area contributed by atoms with Crippen LogP contribution in [0.2, 0.25) is 5.02 Å². The molecule has 0 saturated heterocycles. The van der Waals surface area contributed by atoms with Gasteiger partial charge >= 0.3 is 0 Å². The lowest BCUT2D eigenvalue weighted by molar-refractivity contribution is 0.478. The number of ether oxygens (including phenoxy) is 1. The summed E-state index contributed by atoms with van der Waals surface area (Å²) in [7, 11) is 1.53. The highest BCUT2D eigenvalue weighted by Crippen LogP contribution is 2.33. The highest BCUT2D eigenvalue weighted by atomic mass is 79.9. The third kappa shape index (κ3) is 4.13. The van der Waals surface area contributed by atoms with Gasteiger partial charge in [-0.15, -0.1) is 0 Å². The molecule has 0 N–H and O–H groups in total. The fourth-order valence-corrected chi connectivity index (χ4v) is 3.37. The SMILES string of the molecule is CCc1cc(Oc2ccc(S(=O)(=O)Cl)cc2Br)ccc1Cl. The van der Waals surface area contributed by atoms with Gasteiger partial charge in [0, 0.05) is 15.7 Å². The van der Waals surface area contributed by atoms with Crippen molar-refractivity contribution in [2.75, 3.05) is 0 Å². The number of aryl methyl sites for hydroxylation is 1. The quantitative estimate of drug-likeness (QED) is 0.636. The first-order chi connectivity index (χ1) is 9.81. The number of benzene rings is 2. The van der Waals surface area contributed by atoms with Gasteiger partial charge in [-0.25, -0.2) is 8.42 Å².